The molecule has 1 saturated heterocycles. The average Bonchev–Trinajstić information content (AvgIpc) is 2.53. The second-order valence-corrected chi connectivity index (χ2v) is 7.51. The van der Waals surface area contributed by atoms with Crippen molar-refractivity contribution in [3.8, 4) is 0 Å². The third kappa shape index (κ3) is 3.88. The molecule has 0 radical (unpaired) electrons. The Hall–Kier alpha value is -0.380. The first-order valence-corrected chi connectivity index (χ1v) is 9.27. The lowest BCUT2D eigenvalue weighted by molar-refractivity contribution is 0.147. The van der Waals surface area contributed by atoms with Crippen LogP contribution < -0.4 is 5.32 Å². The Bertz CT molecular complexity index is 468. The van der Waals surface area contributed by atoms with Gasteiger partial charge in [-0.05, 0) is 80.9 Å². The summed E-state index contributed by atoms with van der Waals surface area (Å²) in [5.41, 5.74) is 3.12. The van der Waals surface area contributed by atoms with E-state index in [0.717, 1.165) is 12.0 Å². The highest BCUT2D eigenvalue weighted by Gasteiger charge is 2.26. The fourth-order valence-electron chi connectivity index (χ4n) is 3.95. The van der Waals surface area contributed by atoms with Crippen molar-refractivity contribution in [2.45, 2.75) is 45.1 Å². The molecule has 1 aliphatic heterocycles. The third-order valence-corrected chi connectivity index (χ3v) is 5.74. The fraction of sp³-hybridized carbons (Fsp3) is 0.667. The zero-order chi connectivity index (χ0) is 14.7. The summed E-state index contributed by atoms with van der Waals surface area (Å²) in [6, 6.07) is 7.58. The zero-order valence-corrected chi connectivity index (χ0v) is 14.7. The van der Waals surface area contributed by atoms with Crippen molar-refractivity contribution in [3.63, 3.8) is 0 Å². The van der Waals surface area contributed by atoms with Crippen LogP contribution in [0.15, 0.2) is 22.7 Å². The molecule has 2 nitrogen and oxygen atoms in total. The number of likely N-dealkylation sites (N-methyl/N-ethyl adjacent to an activating group) is 1. The van der Waals surface area contributed by atoms with E-state index in [-0.39, 0.29) is 0 Å². The quantitative estimate of drug-likeness (QED) is 0.891. The van der Waals surface area contributed by atoms with Gasteiger partial charge in [0.2, 0.25) is 0 Å². The van der Waals surface area contributed by atoms with Gasteiger partial charge >= 0.3 is 0 Å². The van der Waals surface area contributed by atoms with Crippen LogP contribution in [0, 0.1) is 5.92 Å². The topological polar surface area (TPSA) is 15.3 Å². The van der Waals surface area contributed by atoms with Gasteiger partial charge in [-0.3, -0.25) is 0 Å². The van der Waals surface area contributed by atoms with Crippen LogP contribution >= 0.6 is 15.9 Å². The second kappa shape index (κ2) is 7.26. The summed E-state index contributed by atoms with van der Waals surface area (Å²) in [4.78, 5) is 2.75. The Morgan fingerprint density at radius 1 is 1.19 bits per heavy atom. The van der Waals surface area contributed by atoms with Crippen LogP contribution in [0.5, 0.6) is 0 Å². The van der Waals surface area contributed by atoms with E-state index in [0.29, 0.717) is 0 Å². The van der Waals surface area contributed by atoms with Gasteiger partial charge in [0.25, 0.3) is 0 Å². The minimum Gasteiger partial charge on any atom is -0.317 e. The molecule has 21 heavy (non-hydrogen) atoms. The summed E-state index contributed by atoms with van der Waals surface area (Å²) in [5, 5.41) is 3.48. The Balaban J connectivity index is 1.63. The molecule has 0 spiro atoms. The largest absolute Gasteiger partial charge is 0.317 e. The molecule has 0 bridgehead atoms. The van der Waals surface area contributed by atoms with Crippen LogP contribution in [0.4, 0.5) is 0 Å². The van der Waals surface area contributed by atoms with Gasteiger partial charge in [0, 0.05) is 17.1 Å². The molecule has 1 unspecified atom stereocenters. The number of benzene rings is 1. The van der Waals surface area contributed by atoms with Crippen LogP contribution in [0.25, 0.3) is 0 Å². The number of rotatable bonds is 4. The molecule has 1 aromatic carbocycles. The first-order chi connectivity index (χ1) is 10.3. The molecule has 1 aromatic rings. The number of piperidine rings is 1. The maximum absolute atomic E-state index is 3.60. The van der Waals surface area contributed by atoms with E-state index in [1.807, 2.05) is 0 Å². The Morgan fingerprint density at radius 3 is 2.76 bits per heavy atom. The number of halogens is 1. The summed E-state index contributed by atoms with van der Waals surface area (Å²) in [6.45, 7) is 7.25. The highest BCUT2D eigenvalue weighted by molar-refractivity contribution is 9.10. The minimum absolute atomic E-state index is 0.749. The Morgan fingerprint density at radius 2 is 2.00 bits per heavy atom. The van der Waals surface area contributed by atoms with Crippen molar-refractivity contribution in [1.29, 1.82) is 0 Å². The van der Waals surface area contributed by atoms with Gasteiger partial charge in [0.05, 0.1) is 0 Å². The molecule has 1 N–H and O–H groups in total. The van der Waals surface area contributed by atoms with E-state index in [2.05, 4.69) is 51.3 Å². The molecule has 1 heterocycles. The highest BCUT2D eigenvalue weighted by atomic mass is 79.9. The summed E-state index contributed by atoms with van der Waals surface area (Å²) < 4.78 is 1.22. The maximum Gasteiger partial charge on any atom is 0.0178 e. The van der Waals surface area contributed by atoms with E-state index >= 15 is 0 Å². The molecule has 0 amide bonds. The minimum atomic E-state index is 0.749. The molecular weight excluding hydrogens is 324 g/mol. The summed E-state index contributed by atoms with van der Waals surface area (Å²) in [5.74, 6) is 0.900. The van der Waals surface area contributed by atoms with Gasteiger partial charge in [0.15, 0.2) is 0 Å². The van der Waals surface area contributed by atoms with E-state index in [1.165, 1.54) is 62.8 Å². The third-order valence-electron chi connectivity index (χ3n) is 5.24. The first-order valence-electron chi connectivity index (χ1n) is 8.48. The highest BCUT2D eigenvalue weighted by Crippen LogP contribution is 2.28. The lowest BCUT2D eigenvalue weighted by Gasteiger charge is -2.37. The van der Waals surface area contributed by atoms with Crippen LogP contribution in [0.3, 0.4) is 0 Å². The maximum atomic E-state index is 3.60. The van der Waals surface area contributed by atoms with Crippen LogP contribution in [-0.2, 0) is 12.8 Å². The Kier molecular flexibility index (Phi) is 5.36. The number of nitrogens with one attached hydrogen (secondary N) is 1. The van der Waals surface area contributed by atoms with Crippen molar-refractivity contribution in [3.05, 3.63) is 33.8 Å². The molecular formula is C18H27BrN2. The lowest BCUT2D eigenvalue weighted by Crippen LogP contribution is -2.43. The van der Waals surface area contributed by atoms with E-state index in [9.17, 15) is 0 Å². The van der Waals surface area contributed by atoms with Crippen LogP contribution in [0.2, 0.25) is 0 Å². The number of fused-ring (bicyclic) bond motifs is 1. The van der Waals surface area contributed by atoms with Crippen LogP contribution in [-0.4, -0.2) is 37.1 Å². The Labute approximate surface area is 137 Å². The lowest BCUT2D eigenvalue weighted by atomic mass is 9.86. The molecule has 1 atom stereocenters. The van der Waals surface area contributed by atoms with Crippen molar-refractivity contribution in [2.24, 2.45) is 5.92 Å². The molecule has 0 saturated carbocycles. The standard InChI is InChI=1S/C18H27BrN2/c1-2-21(13-14-7-9-20-10-8-14)18-6-4-15-11-17(19)5-3-16(15)12-18/h3,5,11,14,18,20H,2,4,6-10,12-13H2,1H3. The van der Waals surface area contributed by atoms with Gasteiger partial charge in [-0.1, -0.05) is 28.9 Å². The number of nitrogens with zero attached hydrogens (tertiary/aromatic N) is 1. The van der Waals surface area contributed by atoms with E-state index in [1.54, 1.807) is 11.1 Å². The van der Waals surface area contributed by atoms with Gasteiger partial charge < -0.3 is 10.2 Å². The van der Waals surface area contributed by atoms with Crippen molar-refractivity contribution in [1.82, 2.24) is 10.2 Å². The molecule has 116 valence electrons. The zero-order valence-electron chi connectivity index (χ0n) is 13.1. The van der Waals surface area contributed by atoms with Gasteiger partial charge in [-0.25, -0.2) is 0 Å². The van der Waals surface area contributed by atoms with Gasteiger partial charge in [-0.15, -0.1) is 0 Å². The van der Waals surface area contributed by atoms with Crippen molar-refractivity contribution in [2.75, 3.05) is 26.2 Å². The van der Waals surface area contributed by atoms with Gasteiger partial charge in [0.1, 0.15) is 0 Å². The SMILES string of the molecule is CCN(CC1CCNCC1)C1CCc2cc(Br)ccc2C1. The van der Waals surface area contributed by atoms with Crippen molar-refractivity contribution >= 4 is 15.9 Å². The first kappa shape index (κ1) is 15.5. The summed E-state index contributed by atoms with van der Waals surface area (Å²) in [6.07, 6.45) is 6.51. The molecule has 2 aliphatic rings. The number of hydrogen-bond donors (Lipinski definition) is 1. The van der Waals surface area contributed by atoms with Gasteiger partial charge in [-0.2, -0.15) is 0 Å². The van der Waals surface area contributed by atoms with E-state index in [4.69, 9.17) is 0 Å². The monoisotopic (exact) mass is 350 g/mol. The molecule has 3 rings (SSSR count). The fourth-order valence-corrected chi connectivity index (χ4v) is 4.36. The number of hydrogen-bond acceptors (Lipinski definition) is 2. The second-order valence-electron chi connectivity index (χ2n) is 6.59. The molecule has 0 aromatic heterocycles. The molecule has 3 heteroatoms. The predicted octanol–water partition coefficient (Wildman–Crippen LogP) is 3.63. The van der Waals surface area contributed by atoms with Crippen molar-refractivity contribution < 1.29 is 0 Å². The van der Waals surface area contributed by atoms with Crippen LogP contribution in [0.1, 0.15) is 37.3 Å². The molecule has 1 fully saturated rings. The summed E-state index contributed by atoms with van der Waals surface area (Å²) in [7, 11) is 0. The number of aryl methyl sites for hydroxylation is 1. The average molecular weight is 351 g/mol. The van der Waals surface area contributed by atoms with E-state index < -0.39 is 0 Å². The smallest absolute Gasteiger partial charge is 0.0178 e. The summed E-state index contributed by atoms with van der Waals surface area (Å²) >= 11 is 3.60. The molecule has 1 aliphatic carbocycles. The normalized spacial score (nSPS) is 23.3. The predicted molar refractivity (Wildman–Crippen MR) is 92.8 cm³/mol.